The van der Waals surface area contributed by atoms with Crippen LogP contribution in [0.1, 0.15) is 51.9 Å². The summed E-state index contributed by atoms with van der Waals surface area (Å²) in [7, 11) is 0. The number of esters is 1. The molecule has 3 nitrogen and oxygen atoms in total. The van der Waals surface area contributed by atoms with Gasteiger partial charge in [0.25, 0.3) is 0 Å². The van der Waals surface area contributed by atoms with E-state index in [1.807, 2.05) is 0 Å². The molecule has 0 spiro atoms. The summed E-state index contributed by atoms with van der Waals surface area (Å²) in [6, 6.07) is 0. The van der Waals surface area contributed by atoms with E-state index in [0.29, 0.717) is 17.8 Å². The predicted octanol–water partition coefficient (Wildman–Crippen LogP) is 3.48. The van der Waals surface area contributed by atoms with Crippen LogP contribution >= 0.6 is 0 Å². The first-order valence-electron chi connectivity index (χ1n) is 9.25. The van der Waals surface area contributed by atoms with E-state index in [-0.39, 0.29) is 23.8 Å². The summed E-state index contributed by atoms with van der Waals surface area (Å²) in [5.41, 5.74) is -0.162. The number of hydrogen-bond acceptors (Lipinski definition) is 3. The molecule has 8 unspecified atom stereocenters. The number of rotatable bonds is 4. The first-order valence-corrected chi connectivity index (χ1v) is 9.25. The normalized spacial score (nSPS) is 54.1. The molecule has 1 heterocycles. The fourth-order valence-electron chi connectivity index (χ4n) is 6.12. The minimum Gasteiger partial charge on any atom is -0.457 e. The number of allylic oxidation sites excluding steroid dienone is 2. The highest BCUT2D eigenvalue weighted by atomic mass is 16.6. The number of carbonyl (C=O) groups is 1. The van der Waals surface area contributed by atoms with Crippen molar-refractivity contribution in [1.29, 1.82) is 0 Å². The van der Waals surface area contributed by atoms with Crippen molar-refractivity contribution in [2.45, 2.75) is 69.7 Å². The standard InChI is InChI=1S/C19H26O3/c1-2-19(10-12-4-6-14(19)8-12)22-18(20)17-16(21-17)15-9-11-3-5-13(15)7-11/h3,5,11-17H,2,4,6-10H2,1H3. The van der Waals surface area contributed by atoms with Crippen molar-refractivity contribution in [3.05, 3.63) is 12.2 Å². The molecule has 5 rings (SSSR count). The van der Waals surface area contributed by atoms with Crippen molar-refractivity contribution in [3.63, 3.8) is 0 Å². The Morgan fingerprint density at radius 1 is 1.27 bits per heavy atom. The average molecular weight is 302 g/mol. The summed E-state index contributed by atoms with van der Waals surface area (Å²) < 4.78 is 11.9. The zero-order chi connectivity index (χ0) is 14.9. The van der Waals surface area contributed by atoms with Crippen LogP contribution in [0.3, 0.4) is 0 Å². The molecule has 4 bridgehead atoms. The Morgan fingerprint density at radius 3 is 2.77 bits per heavy atom. The molecule has 1 aliphatic heterocycles. The van der Waals surface area contributed by atoms with Gasteiger partial charge in [-0.2, -0.15) is 0 Å². The molecular weight excluding hydrogens is 276 g/mol. The van der Waals surface area contributed by atoms with Gasteiger partial charge in [0.15, 0.2) is 6.10 Å². The zero-order valence-corrected chi connectivity index (χ0v) is 13.4. The third-order valence-electron chi connectivity index (χ3n) is 7.33. The highest BCUT2D eigenvalue weighted by Crippen LogP contribution is 2.55. The van der Waals surface area contributed by atoms with Gasteiger partial charge in [-0.25, -0.2) is 4.79 Å². The molecule has 120 valence electrons. The maximum atomic E-state index is 12.6. The second-order valence-electron chi connectivity index (χ2n) is 8.38. The molecule has 4 aliphatic carbocycles. The van der Waals surface area contributed by atoms with Crippen molar-refractivity contribution in [2.24, 2.45) is 29.6 Å². The number of fused-ring (bicyclic) bond motifs is 4. The van der Waals surface area contributed by atoms with Crippen molar-refractivity contribution < 1.29 is 14.3 Å². The van der Waals surface area contributed by atoms with Crippen LogP contribution in [0, 0.1) is 29.6 Å². The third-order valence-corrected chi connectivity index (χ3v) is 7.33. The van der Waals surface area contributed by atoms with Crippen molar-refractivity contribution in [2.75, 3.05) is 0 Å². The summed E-state index contributed by atoms with van der Waals surface area (Å²) in [5, 5.41) is 0. The Labute approximate surface area is 132 Å². The Morgan fingerprint density at radius 2 is 2.18 bits per heavy atom. The van der Waals surface area contributed by atoms with E-state index in [0.717, 1.165) is 24.7 Å². The topological polar surface area (TPSA) is 38.8 Å². The second kappa shape index (κ2) is 4.59. The lowest BCUT2D eigenvalue weighted by atomic mass is 9.82. The van der Waals surface area contributed by atoms with E-state index in [2.05, 4.69) is 19.1 Å². The van der Waals surface area contributed by atoms with E-state index < -0.39 is 0 Å². The van der Waals surface area contributed by atoms with Gasteiger partial charge >= 0.3 is 5.97 Å². The number of epoxide rings is 1. The lowest BCUT2D eigenvalue weighted by Crippen LogP contribution is -2.41. The summed E-state index contributed by atoms with van der Waals surface area (Å²) in [6.07, 6.45) is 13.0. The van der Waals surface area contributed by atoms with Crippen LogP contribution in [0.25, 0.3) is 0 Å². The summed E-state index contributed by atoms with van der Waals surface area (Å²) in [6.45, 7) is 2.18. The summed E-state index contributed by atoms with van der Waals surface area (Å²) in [4.78, 5) is 12.6. The van der Waals surface area contributed by atoms with E-state index in [4.69, 9.17) is 9.47 Å². The molecule has 1 saturated heterocycles. The van der Waals surface area contributed by atoms with E-state index in [1.165, 1.54) is 32.1 Å². The van der Waals surface area contributed by atoms with Crippen LogP contribution in [-0.4, -0.2) is 23.8 Å². The van der Waals surface area contributed by atoms with Crippen molar-refractivity contribution >= 4 is 5.97 Å². The first kappa shape index (κ1) is 13.6. The van der Waals surface area contributed by atoms with E-state index in [1.54, 1.807) is 0 Å². The smallest absolute Gasteiger partial charge is 0.338 e. The summed E-state index contributed by atoms with van der Waals surface area (Å²) in [5.74, 6) is 3.29. The maximum absolute atomic E-state index is 12.6. The van der Waals surface area contributed by atoms with Crippen LogP contribution in [0.5, 0.6) is 0 Å². The molecule has 0 aromatic heterocycles. The molecule has 0 aromatic rings. The molecule has 3 heteroatoms. The van der Waals surface area contributed by atoms with E-state index in [9.17, 15) is 4.79 Å². The quantitative estimate of drug-likeness (QED) is 0.453. The van der Waals surface area contributed by atoms with Gasteiger partial charge in [0.05, 0.1) is 6.10 Å². The van der Waals surface area contributed by atoms with Crippen LogP contribution in [0.4, 0.5) is 0 Å². The molecule has 5 aliphatic rings. The van der Waals surface area contributed by atoms with Gasteiger partial charge in [-0.3, -0.25) is 0 Å². The van der Waals surface area contributed by atoms with Gasteiger partial charge in [0.1, 0.15) is 5.60 Å². The van der Waals surface area contributed by atoms with Crippen LogP contribution in [-0.2, 0) is 14.3 Å². The third kappa shape index (κ3) is 1.87. The van der Waals surface area contributed by atoms with Crippen LogP contribution in [0.2, 0.25) is 0 Å². The minimum atomic E-state index is -0.264. The van der Waals surface area contributed by atoms with Gasteiger partial charge < -0.3 is 9.47 Å². The Kier molecular flexibility index (Phi) is 2.84. The second-order valence-corrected chi connectivity index (χ2v) is 8.38. The fourth-order valence-corrected chi connectivity index (χ4v) is 6.12. The SMILES string of the molecule is CCC1(OC(=O)C2OC2C2CC3C=CC2C3)CC2CCC1C2. The molecule has 3 saturated carbocycles. The van der Waals surface area contributed by atoms with Gasteiger partial charge in [0, 0.05) is 0 Å². The molecule has 8 atom stereocenters. The predicted molar refractivity (Wildman–Crippen MR) is 82.1 cm³/mol. The first-order chi connectivity index (χ1) is 10.7. The molecular formula is C19H26O3. The number of carbonyl (C=O) groups excluding carboxylic acids is 1. The van der Waals surface area contributed by atoms with Gasteiger partial charge in [-0.1, -0.05) is 19.1 Å². The maximum Gasteiger partial charge on any atom is 0.338 e. The highest BCUT2D eigenvalue weighted by Gasteiger charge is 2.59. The number of ether oxygens (including phenoxy) is 2. The molecule has 0 amide bonds. The van der Waals surface area contributed by atoms with Crippen LogP contribution in [0.15, 0.2) is 12.2 Å². The van der Waals surface area contributed by atoms with Gasteiger partial charge in [0.2, 0.25) is 0 Å². The lowest BCUT2D eigenvalue weighted by Gasteiger charge is -2.36. The monoisotopic (exact) mass is 302 g/mol. The average Bonchev–Trinajstić information content (AvgIpc) is 2.95. The highest BCUT2D eigenvalue weighted by molar-refractivity contribution is 5.78. The molecule has 0 radical (unpaired) electrons. The van der Waals surface area contributed by atoms with Crippen LogP contribution < -0.4 is 0 Å². The Hall–Kier alpha value is -0.830. The Bertz CT molecular complexity index is 527. The van der Waals surface area contributed by atoms with Crippen molar-refractivity contribution in [3.8, 4) is 0 Å². The largest absolute Gasteiger partial charge is 0.457 e. The summed E-state index contributed by atoms with van der Waals surface area (Å²) >= 11 is 0. The molecule has 0 N–H and O–H groups in total. The zero-order valence-electron chi connectivity index (χ0n) is 13.4. The molecule has 0 aromatic carbocycles. The molecule has 22 heavy (non-hydrogen) atoms. The van der Waals surface area contributed by atoms with E-state index >= 15 is 0 Å². The fraction of sp³-hybridized carbons (Fsp3) is 0.842. The van der Waals surface area contributed by atoms with Crippen molar-refractivity contribution in [1.82, 2.24) is 0 Å². The molecule has 4 fully saturated rings. The van der Waals surface area contributed by atoms with Gasteiger partial charge in [-0.15, -0.1) is 0 Å². The van der Waals surface area contributed by atoms with Gasteiger partial charge in [-0.05, 0) is 74.5 Å². The number of hydrogen-bond donors (Lipinski definition) is 0. The minimum absolute atomic E-state index is 0.0637. The lowest BCUT2D eigenvalue weighted by molar-refractivity contribution is -0.168. The Balaban J connectivity index is 1.24.